The van der Waals surface area contributed by atoms with Crippen LogP contribution in [0.25, 0.3) is 10.4 Å². The molecule has 2 aromatic heterocycles. The van der Waals surface area contributed by atoms with E-state index < -0.39 is 0 Å². The van der Waals surface area contributed by atoms with Crippen molar-refractivity contribution in [2.24, 2.45) is 0 Å². The van der Waals surface area contributed by atoms with Gasteiger partial charge in [-0.3, -0.25) is 4.79 Å². The van der Waals surface area contributed by atoms with E-state index in [1.54, 1.807) is 11.3 Å². The van der Waals surface area contributed by atoms with Crippen molar-refractivity contribution >= 4 is 28.6 Å². The third kappa shape index (κ3) is 2.01. The molecular formula is C15H15NO2S2. The molecule has 3 heterocycles. The van der Waals surface area contributed by atoms with Crippen molar-refractivity contribution in [3.63, 3.8) is 0 Å². The largest absolute Gasteiger partial charge is 0.378 e. The average Bonchev–Trinajstić information content (AvgIpc) is 3.12. The van der Waals surface area contributed by atoms with Gasteiger partial charge in [0.2, 0.25) is 0 Å². The molecule has 20 heavy (non-hydrogen) atoms. The minimum Gasteiger partial charge on any atom is -0.378 e. The maximum absolute atomic E-state index is 12.6. The molecule has 0 atom stereocenters. The topological polar surface area (TPSA) is 29.5 Å². The quantitative estimate of drug-likeness (QED) is 0.810. The Labute approximate surface area is 125 Å². The zero-order valence-electron chi connectivity index (χ0n) is 11.1. The summed E-state index contributed by atoms with van der Waals surface area (Å²) in [6, 6.07) is 4.30. The van der Waals surface area contributed by atoms with Crippen LogP contribution in [0, 0.1) is 0 Å². The summed E-state index contributed by atoms with van der Waals surface area (Å²) >= 11 is 3.49. The first-order chi connectivity index (χ1) is 9.83. The summed E-state index contributed by atoms with van der Waals surface area (Å²) in [6.45, 7) is 2.74. The maximum atomic E-state index is 12.6. The number of rotatable bonds is 1. The molecule has 0 N–H and O–H groups in total. The fraction of sp³-hybridized carbons (Fsp3) is 0.400. The molecular weight excluding hydrogens is 290 g/mol. The third-order valence-electron chi connectivity index (χ3n) is 3.93. The van der Waals surface area contributed by atoms with Gasteiger partial charge < -0.3 is 9.64 Å². The van der Waals surface area contributed by atoms with Crippen LogP contribution in [-0.4, -0.2) is 37.1 Å². The number of carbonyl (C=O) groups excluding carboxylic acids is 1. The second-order valence-corrected chi connectivity index (χ2v) is 7.18. The minimum absolute atomic E-state index is 0.171. The van der Waals surface area contributed by atoms with Gasteiger partial charge in [-0.05, 0) is 35.9 Å². The van der Waals surface area contributed by atoms with Gasteiger partial charge in [0.15, 0.2) is 0 Å². The Morgan fingerprint density at radius 2 is 2.10 bits per heavy atom. The van der Waals surface area contributed by atoms with Gasteiger partial charge in [-0.1, -0.05) is 0 Å². The predicted molar refractivity (Wildman–Crippen MR) is 81.8 cm³/mol. The first kappa shape index (κ1) is 12.6. The van der Waals surface area contributed by atoms with E-state index in [-0.39, 0.29) is 5.91 Å². The van der Waals surface area contributed by atoms with E-state index in [1.165, 1.54) is 20.9 Å². The monoisotopic (exact) mass is 305 g/mol. The Bertz CT molecular complexity index is 653. The van der Waals surface area contributed by atoms with Crippen LogP contribution in [0.3, 0.4) is 0 Å². The summed E-state index contributed by atoms with van der Waals surface area (Å²) in [6.07, 6.45) is 2.18. The standard InChI is InChI=1S/C15H15NO2S2/c17-15(16-4-6-18-7-5-16)13-9-10-1-2-12-11(3-8-19-12)14(10)20-13/h3,8-9H,1-2,4-7H2. The highest BCUT2D eigenvalue weighted by Crippen LogP contribution is 2.42. The summed E-state index contributed by atoms with van der Waals surface area (Å²) in [5.74, 6) is 0.171. The van der Waals surface area contributed by atoms with E-state index >= 15 is 0 Å². The normalized spacial score (nSPS) is 17.7. The fourth-order valence-corrected chi connectivity index (χ4v) is 5.04. The smallest absolute Gasteiger partial charge is 0.264 e. The van der Waals surface area contributed by atoms with Crippen molar-refractivity contribution in [1.29, 1.82) is 0 Å². The predicted octanol–water partition coefficient (Wildman–Crippen LogP) is 3.05. The molecule has 0 saturated carbocycles. The maximum Gasteiger partial charge on any atom is 0.264 e. The van der Waals surface area contributed by atoms with Crippen LogP contribution in [0.15, 0.2) is 17.5 Å². The van der Waals surface area contributed by atoms with Crippen LogP contribution < -0.4 is 0 Å². The van der Waals surface area contributed by atoms with Gasteiger partial charge in [-0.2, -0.15) is 0 Å². The molecule has 104 valence electrons. The van der Waals surface area contributed by atoms with Gasteiger partial charge in [0, 0.05) is 28.4 Å². The van der Waals surface area contributed by atoms with Crippen molar-refractivity contribution < 1.29 is 9.53 Å². The zero-order chi connectivity index (χ0) is 13.5. The van der Waals surface area contributed by atoms with E-state index in [1.807, 2.05) is 16.2 Å². The van der Waals surface area contributed by atoms with Crippen LogP contribution in [0.1, 0.15) is 20.1 Å². The number of morpholine rings is 1. The molecule has 0 spiro atoms. The molecule has 1 saturated heterocycles. The van der Waals surface area contributed by atoms with E-state index in [0.717, 1.165) is 17.7 Å². The van der Waals surface area contributed by atoms with Gasteiger partial charge in [0.1, 0.15) is 0 Å². The van der Waals surface area contributed by atoms with Crippen LogP contribution in [-0.2, 0) is 17.6 Å². The lowest BCUT2D eigenvalue weighted by molar-refractivity contribution is 0.0306. The molecule has 0 radical (unpaired) electrons. The lowest BCUT2D eigenvalue weighted by Gasteiger charge is -2.26. The van der Waals surface area contributed by atoms with Crippen molar-refractivity contribution in [1.82, 2.24) is 4.90 Å². The number of hydrogen-bond donors (Lipinski definition) is 0. The number of nitrogens with zero attached hydrogens (tertiary/aromatic N) is 1. The van der Waals surface area contributed by atoms with Gasteiger partial charge in [0.05, 0.1) is 18.1 Å². The number of fused-ring (bicyclic) bond motifs is 3. The lowest BCUT2D eigenvalue weighted by atomic mass is 9.98. The molecule has 0 bridgehead atoms. The van der Waals surface area contributed by atoms with E-state index in [9.17, 15) is 4.79 Å². The van der Waals surface area contributed by atoms with Crippen LogP contribution in [0.5, 0.6) is 0 Å². The van der Waals surface area contributed by atoms with Crippen LogP contribution in [0.2, 0.25) is 0 Å². The highest BCUT2D eigenvalue weighted by atomic mass is 32.1. The van der Waals surface area contributed by atoms with Crippen LogP contribution in [0.4, 0.5) is 0 Å². The molecule has 0 unspecified atom stereocenters. The second-order valence-electron chi connectivity index (χ2n) is 5.13. The van der Waals surface area contributed by atoms with Crippen molar-refractivity contribution in [3.05, 3.63) is 32.8 Å². The zero-order valence-corrected chi connectivity index (χ0v) is 12.7. The van der Waals surface area contributed by atoms with Gasteiger partial charge in [0.25, 0.3) is 5.91 Å². The molecule has 4 rings (SSSR count). The van der Waals surface area contributed by atoms with Crippen molar-refractivity contribution in [2.45, 2.75) is 12.8 Å². The molecule has 1 fully saturated rings. The van der Waals surface area contributed by atoms with E-state index in [4.69, 9.17) is 4.74 Å². The highest BCUT2D eigenvalue weighted by molar-refractivity contribution is 7.18. The number of carbonyl (C=O) groups is 1. The highest BCUT2D eigenvalue weighted by Gasteiger charge is 2.25. The number of aryl methyl sites for hydroxylation is 2. The van der Waals surface area contributed by atoms with Crippen molar-refractivity contribution in [3.8, 4) is 10.4 Å². The summed E-state index contributed by atoms with van der Waals surface area (Å²) < 4.78 is 5.31. The minimum atomic E-state index is 0.171. The Balaban J connectivity index is 1.67. The summed E-state index contributed by atoms with van der Waals surface area (Å²) in [4.78, 5) is 18.1. The number of amides is 1. The third-order valence-corrected chi connectivity index (χ3v) is 6.11. The fourth-order valence-electron chi connectivity index (χ4n) is 2.85. The molecule has 0 aromatic carbocycles. The molecule has 1 amide bonds. The lowest BCUT2D eigenvalue weighted by Crippen LogP contribution is -2.40. The Morgan fingerprint density at radius 3 is 2.95 bits per heavy atom. The van der Waals surface area contributed by atoms with Gasteiger partial charge >= 0.3 is 0 Å². The molecule has 1 aliphatic heterocycles. The molecule has 1 aliphatic carbocycles. The van der Waals surface area contributed by atoms with Gasteiger partial charge in [-0.25, -0.2) is 0 Å². The summed E-state index contributed by atoms with van der Waals surface area (Å²) in [5.41, 5.74) is 2.69. The molecule has 5 heteroatoms. The number of thiophene rings is 2. The van der Waals surface area contributed by atoms with Crippen molar-refractivity contribution in [2.75, 3.05) is 26.3 Å². The number of hydrogen-bond acceptors (Lipinski definition) is 4. The summed E-state index contributed by atoms with van der Waals surface area (Å²) in [7, 11) is 0. The SMILES string of the molecule is O=C(c1cc2c(s1)-c1ccsc1CC2)N1CCOCC1. The average molecular weight is 305 g/mol. The second kappa shape index (κ2) is 4.98. The first-order valence-corrected chi connectivity index (χ1v) is 8.59. The first-order valence-electron chi connectivity index (χ1n) is 6.89. The number of ether oxygens (including phenoxy) is 1. The molecule has 2 aromatic rings. The molecule has 3 nitrogen and oxygen atoms in total. The summed E-state index contributed by atoms with van der Waals surface area (Å²) in [5, 5.41) is 2.16. The Hall–Kier alpha value is -1.17. The molecule has 2 aliphatic rings. The van der Waals surface area contributed by atoms with E-state index in [2.05, 4.69) is 17.5 Å². The van der Waals surface area contributed by atoms with E-state index in [0.29, 0.717) is 26.3 Å². The van der Waals surface area contributed by atoms with Gasteiger partial charge in [-0.15, -0.1) is 22.7 Å². The Kier molecular flexibility index (Phi) is 3.13. The Morgan fingerprint density at radius 1 is 1.25 bits per heavy atom. The van der Waals surface area contributed by atoms with Crippen LogP contribution >= 0.6 is 22.7 Å².